The van der Waals surface area contributed by atoms with Crippen molar-refractivity contribution in [2.45, 2.75) is 13.8 Å². The molecule has 0 saturated heterocycles. The van der Waals surface area contributed by atoms with Crippen molar-refractivity contribution < 1.29 is 4.79 Å². The molecule has 0 spiro atoms. The summed E-state index contributed by atoms with van der Waals surface area (Å²) in [5, 5.41) is 2.88. The summed E-state index contributed by atoms with van der Waals surface area (Å²) in [7, 11) is 1.94. The van der Waals surface area contributed by atoms with Gasteiger partial charge in [0.25, 0.3) is 0 Å². The summed E-state index contributed by atoms with van der Waals surface area (Å²) < 4.78 is 0. The van der Waals surface area contributed by atoms with Crippen LogP contribution < -0.4 is 10.2 Å². The third kappa shape index (κ3) is 1.35. The number of rotatable bonds is 0. The minimum Gasteiger partial charge on any atom is -0.364 e. The summed E-state index contributed by atoms with van der Waals surface area (Å²) in [6.07, 6.45) is 0. The average Bonchev–Trinajstić information content (AvgIpc) is 2.08. The lowest BCUT2D eigenvalue weighted by Crippen LogP contribution is -2.35. The van der Waals surface area contributed by atoms with Crippen LogP contribution in [0.1, 0.15) is 11.1 Å². The number of anilines is 2. The number of hydrogen-bond donors (Lipinski definition) is 1. The van der Waals surface area contributed by atoms with Crippen LogP contribution in [0.2, 0.25) is 0 Å². The number of hydrogen-bond acceptors (Lipinski definition) is 2. The predicted molar refractivity (Wildman–Crippen MR) is 57.8 cm³/mol. The molecule has 3 heteroatoms. The molecule has 1 heterocycles. The van der Waals surface area contributed by atoms with Crippen LogP contribution in [0, 0.1) is 13.8 Å². The van der Waals surface area contributed by atoms with Gasteiger partial charge in [-0.1, -0.05) is 0 Å². The Labute approximate surface area is 83.7 Å². The number of aryl methyl sites for hydroxylation is 2. The van der Waals surface area contributed by atoms with Crippen LogP contribution in [0.25, 0.3) is 0 Å². The molecule has 0 saturated carbocycles. The van der Waals surface area contributed by atoms with Gasteiger partial charge in [-0.3, -0.25) is 4.79 Å². The van der Waals surface area contributed by atoms with Crippen molar-refractivity contribution in [1.82, 2.24) is 0 Å². The third-order valence-electron chi connectivity index (χ3n) is 2.68. The van der Waals surface area contributed by atoms with E-state index in [-0.39, 0.29) is 5.91 Å². The molecule has 1 aromatic carbocycles. The number of carbonyl (C=O) groups excluding carboxylic acids is 1. The molecule has 1 aromatic rings. The zero-order chi connectivity index (χ0) is 10.3. The maximum absolute atomic E-state index is 11.3. The number of nitrogens with one attached hydrogen (secondary N) is 1. The standard InChI is InChI=1S/C11H14N2O/c1-7-4-9-10(5-8(7)2)13(3)6-11(14)12-9/h4-5H,6H2,1-3H3,(H,12,14). The summed E-state index contributed by atoms with van der Waals surface area (Å²) in [6, 6.07) is 4.14. The zero-order valence-corrected chi connectivity index (χ0v) is 8.72. The molecule has 2 rings (SSSR count). The number of fused-ring (bicyclic) bond motifs is 1. The van der Waals surface area contributed by atoms with E-state index >= 15 is 0 Å². The Morgan fingerprint density at radius 1 is 1.29 bits per heavy atom. The Kier molecular flexibility index (Phi) is 1.95. The molecule has 0 fully saturated rings. The fourth-order valence-corrected chi connectivity index (χ4v) is 1.71. The Morgan fingerprint density at radius 3 is 2.64 bits per heavy atom. The van der Waals surface area contributed by atoms with Crippen molar-refractivity contribution in [2.75, 3.05) is 23.8 Å². The molecule has 0 aromatic heterocycles. The van der Waals surface area contributed by atoms with Gasteiger partial charge in [0.15, 0.2) is 0 Å². The van der Waals surface area contributed by atoms with Gasteiger partial charge >= 0.3 is 0 Å². The van der Waals surface area contributed by atoms with Gasteiger partial charge in [0.2, 0.25) is 5.91 Å². The summed E-state index contributed by atoms with van der Waals surface area (Å²) in [6.45, 7) is 4.58. The van der Waals surface area contributed by atoms with Gasteiger partial charge in [-0.05, 0) is 37.1 Å². The van der Waals surface area contributed by atoms with E-state index in [4.69, 9.17) is 0 Å². The van der Waals surface area contributed by atoms with Crippen molar-refractivity contribution in [3.05, 3.63) is 23.3 Å². The lowest BCUT2D eigenvalue weighted by atomic mass is 10.1. The molecule has 1 aliphatic heterocycles. The van der Waals surface area contributed by atoms with Crippen molar-refractivity contribution in [2.24, 2.45) is 0 Å². The van der Waals surface area contributed by atoms with Gasteiger partial charge < -0.3 is 10.2 Å². The minimum absolute atomic E-state index is 0.0586. The van der Waals surface area contributed by atoms with Gasteiger partial charge in [-0.2, -0.15) is 0 Å². The second-order valence-corrected chi connectivity index (χ2v) is 3.86. The maximum Gasteiger partial charge on any atom is 0.243 e. The van der Waals surface area contributed by atoms with Crippen molar-refractivity contribution in [3.8, 4) is 0 Å². The van der Waals surface area contributed by atoms with Crippen LogP contribution in [0.15, 0.2) is 12.1 Å². The first kappa shape index (κ1) is 9.06. The van der Waals surface area contributed by atoms with Crippen LogP contribution in [0.5, 0.6) is 0 Å². The Balaban J connectivity index is 2.54. The van der Waals surface area contributed by atoms with E-state index in [1.54, 1.807) is 0 Å². The van der Waals surface area contributed by atoms with Gasteiger partial charge in [0, 0.05) is 7.05 Å². The number of carbonyl (C=O) groups is 1. The Hall–Kier alpha value is -1.51. The number of amides is 1. The van der Waals surface area contributed by atoms with E-state index in [0.29, 0.717) is 6.54 Å². The van der Waals surface area contributed by atoms with E-state index in [1.807, 2.05) is 18.0 Å². The molecule has 3 nitrogen and oxygen atoms in total. The monoisotopic (exact) mass is 190 g/mol. The highest BCUT2D eigenvalue weighted by atomic mass is 16.2. The molecular weight excluding hydrogens is 176 g/mol. The highest BCUT2D eigenvalue weighted by Gasteiger charge is 2.19. The van der Waals surface area contributed by atoms with Crippen molar-refractivity contribution in [1.29, 1.82) is 0 Å². The summed E-state index contributed by atoms with van der Waals surface area (Å²) in [5.74, 6) is 0.0586. The normalized spacial score (nSPS) is 15.1. The SMILES string of the molecule is Cc1cc2c(cc1C)N(C)CC(=O)N2. The van der Waals surface area contributed by atoms with E-state index in [2.05, 4.69) is 25.2 Å². The molecule has 1 N–H and O–H groups in total. The quantitative estimate of drug-likeness (QED) is 0.675. The highest BCUT2D eigenvalue weighted by Crippen LogP contribution is 2.30. The smallest absolute Gasteiger partial charge is 0.243 e. The van der Waals surface area contributed by atoms with Crippen LogP contribution in [-0.2, 0) is 4.79 Å². The fourth-order valence-electron chi connectivity index (χ4n) is 1.71. The van der Waals surface area contributed by atoms with Crippen molar-refractivity contribution >= 4 is 17.3 Å². The van der Waals surface area contributed by atoms with Crippen LogP contribution in [0.4, 0.5) is 11.4 Å². The van der Waals surface area contributed by atoms with Crippen LogP contribution in [0.3, 0.4) is 0 Å². The summed E-state index contributed by atoms with van der Waals surface area (Å²) in [5.41, 5.74) is 4.49. The molecule has 0 bridgehead atoms. The van der Waals surface area contributed by atoms with Crippen LogP contribution in [-0.4, -0.2) is 19.5 Å². The Bertz CT molecular complexity index is 399. The van der Waals surface area contributed by atoms with Gasteiger partial charge in [0.1, 0.15) is 0 Å². The first-order valence-corrected chi connectivity index (χ1v) is 4.70. The number of likely N-dealkylation sites (N-methyl/N-ethyl adjacent to an activating group) is 1. The van der Waals surface area contributed by atoms with Gasteiger partial charge in [0.05, 0.1) is 17.9 Å². The molecule has 0 unspecified atom stereocenters. The van der Waals surface area contributed by atoms with E-state index in [9.17, 15) is 4.79 Å². The van der Waals surface area contributed by atoms with E-state index in [0.717, 1.165) is 11.4 Å². The van der Waals surface area contributed by atoms with Crippen molar-refractivity contribution in [3.63, 3.8) is 0 Å². The lowest BCUT2D eigenvalue weighted by molar-refractivity contribution is -0.115. The van der Waals surface area contributed by atoms with Gasteiger partial charge in [-0.15, -0.1) is 0 Å². The van der Waals surface area contributed by atoms with Gasteiger partial charge in [-0.25, -0.2) is 0 Å². The third-order valence-corrected chi connectivity index (χ3v) is 2.68. The topological polar surface area (TPSA) is 32.3 Å². The first-order chi connectivity index (χ1) is 6.58. The average molecular weight is 190 g/mol. The number of nitrogens with zero attached hydrogens (tertiary/aromatic N) is 1. The molecule has 1 aliphatic rings. The first-order valence-electron chi connectivity index (χ1n) is 4.70. The number of benzene rings is 1. The predicted octanol–water partition coefficient (Wildman–Crippen LogP) is 1.69. The van der Waals surface area contributed by atoms with E-state index in [1.165, 1.54) is 11.1 Å². The maximum atomic E-state index is 11.3. The molecule has 0 aliphatic carbocycles. The van der Waals surface area contributed by atoms with E-state index < -0.39 is 0 Å². The highest BCUT2D eigenvalue weighted by molar-refractivity contribution is 6.01. The molecule has 1 amide bonds. The Morgan fingerprint density at radius 2 is 1.93 bits per heavy atom. The molecule has 0 atom stereocenters. The second-order valence-electron chi connectivity index (χ2n) is 3.86. The summed E-state index contributed by atoms with van der Waals surface area (Å²) >= 11 is 0. The zero-order valence-electron chi connectivity index (χ0n) is 8.72. The molecule has 0 radical (unpaired) electrons. The molecular formula is C11H14N2O. The minimum atomic E-state index is 0.0586. The summed E-state index contributed by atoms with van der Waals surface area (Å²) in [4.78, 5) is 13.3. The molecule has 14 heavy (non-hydrogen) atoms. The lowest BCUT2D eigenvalue weighted by Gasteiger charge is -2.28. The largest absolute Gasteiger partial charge is 0.364 e. The molecule has 74 valence electrons. The fraction of sp³-hybridized carbons (Fsp3) is 0.364. The second kappa shape index (κ2) is 3.01. The van der Waals surface area contributed by atoms with Crippen LogP contribution >= 0.6 is 0 Å².